The van der Waals surface area contributed by atoms with Crippen molar-refractivity contribution in [1.29, 1.82) is 0 Å². The van der Waals surface area contributed by atoms with Crippen LogP contribution in [0.5, 0.6) is 0 Å². The molecule has 14 heavy (non-hydrogen) atoms. The van der Waals surface area contributed by atoms with Crippen LogP contribution in [0.15, 0.2) is 30.3 Å². The van der Waals surface area contributed by atoms with Crippen molar-refractivity contribution in [2.45, 2.75) is 16.8 Å². The van der Waals surface area contributed by atoms with E-state index >= 15 is 0 Å². The third-order valence-electron chi connectivity index (χ3n) is 1.40. The number of hydrogen-bond acceptors (Lipinski definition) is 0. The predicted molar refractivity (Wildman–Crippen MR) is 47.4 cm³/mol. The molecule has 0 aliphatic heterocycles. The van der Waals surface area contributed by atoms with Gasteiger partial charge in [0.25, 0.3) is 0 Å². The topological polar surface area (TPSA) is 0 Å². The van der Waals surface area contributed by atoms with Crippen LogP contribution in [0.3, 0.4) is 0 Å². The fourth-order valence-corrected chi connectivity index (χ4v) is 3.39. The second-order valence-electron chi connectivity index (χ2n) is 2.66. The van der Waals surface area contributed by atoms with Crippen LogP contribution in [0, 0.1) is 0 Å². The Morgan fingerprint density at radius 3 is 2.21 bits per heavy atom. The maximum atomic E-state index is 12.9. The van der Waals surface area contributed by atoms with Crippen LogP contribution in [0.25, 0.3) is 0 Å². The molecule has 0 fully saturated rings. The van der Waals surface area contributed by atoms with Gasteiger partial charge < -0.3 is 0 Å². The summed E-state index contributed by atoms with van der Waals surface area (Å²) in [6, 6.07) is 8.52. The Balaban J connectivity index is 2.46. The quantitative estimate of drug-likeness (QED) is 0.592. The zero-order valence-corrected chi connectivity index (χ0v) is 9.42. The van der Waals surface area contributed by atoms with E-state index in [-0.39, 0.29) is 0 Å². The Kier molecular flexibility index (Phi) is 4.21. The molecule has 1 aromatic rings. The van der Waals surface area contributed by atoms with Crippen molar-refractivity contribution >= 4 is 24.5 Å². The fraction of sp³-hybridized carbons (Fsp3) is 0.333. The van der Waals surface area contributed by atoms with Crippen molar-refractivity contribution in [1.82, 2.24) is 0 Å². The van der Waals surface area contributed by atoms with E-state index in [9.17, 15) is 17.6 Å². The molecule has 0 N–H and O–H groups in total. The minimum atomic E-state index is -4.39. The first-order valence-corrected chi connectivity index (χ1v) is 6.41. The average Bonchev–Trinajstić information content (AvgIpc) is 2.02. The molecule has 0 heterocycles. The van der Waals surface area contributed by atoms with Crippen LogP contribution in [-0.4, -0.2) is 31.3 Å². The van der Waals surface area contributed by atoms with E-state index in [4.69, 9.17) is 0 Å². The van der Waals surface area contributed by atoms with Gasteiger partial charge in [0.15, 0.2) is 0 Å². The van der Waals surface area contributed by atoms with E-state index in [0.717, 1.165) is 3.61 Å². The molecule has 0 radical (unpaired) electrons. The van der Waals surface area contributed by atoms with Crippen molar-refractivity contribution in [3.05, 3.63) is 30.3 Å². The molecule has 1 atom stereocenters. The number of halogens is 4. The van der Waals surface area contributed by atoms with Crippen molar-refractivity contribution in [2.24, 2.45) is 0 Å². The van der Waals surface area contributed by atoms with E-state index in [0.29, 0.717) is 0 Å². The van der Waals surface area contributed by atoms with E-state index in [1.54, 1.807) is 30.3 Å². The summed E-state index contributed by atoms with van der Waals surface area (Å²) in [6.07, 6.45) is -5.71. The van der Waals surface area contributed by atoms with Gasteiger partial charge in [0.2, 0.25) is 0 Å². The Hall–Kier alpha value is -0.270. The van der Waals surface area contributed by atoms with Gasteiger partial charge in [0.05, 0.1) is 0 Å². The van der Waals surface area contributed by atoms with Gasteiger partial charge in [-0.05, 0) is 0 Å². The standard InChI is InChI=1S/C9H8F4Te/c10-8(6-9(11,12)13)14-7-4-2-1-3-5-7/h1-5,8H,6H2. The van der Waals surface area contributed by atoms with Crippen LogP contribution < -0.4 is 3.61 Å². The van der Waals surface area contributed by atoms with Crippen LogP contribution in [0.2, 0.25) is 0 Å². The molecule has 0 aliphatic carbocycles. The van der Waals surface area contributed by atoms with Gasteiger partial charge in [-0.15, -0.1) is 0 Å². The zero-order chi connectivity index (χ0) is 10.6. The summed E-state index contributed by atoms with van der Waals surface area (Å²) in [5.41, 5.74) is 0. The molecule has 0 saturated heterocycles. The molecule has 0 amide bonds. The SMILES string of the molecule is FC(CC(F)(F)F)[Te]c1ccccc1. The van der Waals surface area contributed by atoms with Gasteiger partial charge in [-0.3, -0.25) is 0 Å². The van der Waals surface area contributed by atoms with Crippen LogP contribution in [0.1, 0.15) is 6.42 Å². The van der Waals surface area contributed by atoms with Crippen LogP contribution >= 0.6 is 0 Å². The summed E-state index contributed by atoms with van der Waals surface area (Å²) in [4.78, 5) is 0. The predicted octanol–water partition coefficient (Wildman–Crippen LogP) is 2.26. The minimum absolute atomic E-state index is 0.717. The second-order valence-corrected chi connectivity index (χ2v) is 6.14. The molecular formula is C9H8F4Te. The first-order chi connectivity index (χ1) is 6.47. The van der Waals surface area contributed by atoms with Crippen molar-refractivity contribution in [3.8, 4) is 0 Å². The molecule has 0 aliphatic rings. The van der Waals surface area contributed by atoms with Gasteiger partial charge in [0.1, 0.15) is 0 Å². The molecular weight excluding hydrogens is 312 g/mol. The maximum absolute atomic E-state index is 12.9. The molecule has 0 aromatic heterocycles. The van der Waals surface area contributed by atoms with Gasteiger partial charge in [-0.2, -0.15) is 0 Å². The average molecular weight is 320 g/mol. The van der Waals surface area contributed by atoms with Gasteiger partial charge in [-0.1, -0.05) is 0 Å². The van der Waals surface area contributed by atoms with Gasteiger partial charge >= 0.3 is 89.2 Å². The molecule has 78 valence electrons. The van der Waals surface area contributed by atoms with E-state index in [2.05, 4.69) is 0 Å². The molecule has 1 unspecified atom stereocenters. The van der Waals surface area contributed by atoms with E-state index in [1.807, 2.05) is 0 Å². The van der Waals surface area contributed by atoms with Gasteiger partial charge in [0, 0.05) is 0 Å². The fourth-order valence-electron chi connectivity index (χ4n) is 0.870. The van der Waals surface area contributed by atoms with Gasteiger partial charge in [-0.25, -0.2) is 0 Å². The molecule has 1 aromatic carbocycles. The summed E-state index contributed by atoms with van der Waals surface area (Å²) >= 11 is -1.37. The number of hydrogen-bond donors (Lipinski definition) is 0. The molecule has 1 rings (SSSR count). The molecule has 0 nitrogen and oxygen atoms in total. The molecule has 0 saturated carbocycles. The van der Waals surface area contributed by atoms with Crippen molar-refractivity contribution in [2.75, 3.05) is 0 Å². The molecule has 0 spiro atoms. The second kappa shape index (κ2) is 4.99. The number of rotatable bonds is 3. The Bertz CT molecular complexity index is 270. The van der Waals surface area contributed by atoms with Crippen LogP contribution in [0.4, 0.5) is 17.6 Å². The van der Waals surface area contributed by atoms with Crippen LogP contribution in [-0.2, 0) is 0 Å². The summed E-state index contributed by atoms with van der Waals surface area (Å²) in [5, 5.41) is 0. The van der Waals surface area contributed by atoms with E-state index in [1.165, 1.54) is 0 Å². The summed E-state index contributed by atoms with van der Waals surface area (Å²) < 4.78 is 47.3. The Morgan fingerprint density at radius 2 is 1.71 bits per heavy atom. The normalized spacial score (nSPS) is 14.0. The first-order valence-electron chi connectivity index (χ1n) is 3.90. The van der Waals surface area contributed by atoms with E-state index < -0.39 is 37.7 Å². The molecule has 0 bridgehead atoms. The first kappa shape index (κ1) is 11.8. The Labute approximate surface area is 89.4 Å². The summed E-state index contributed by atoms with van der Waals surface area (Å²) in [6.45, 7) is 0. The summed E-state index contributed by atoms with van der Waals surface area (Å²) in [5.74, 6) is 0. The zero-order valence-electron chi connectivity index (χ0n) is 7.09. The third-order valence-corrected chi connectivity index (χ3v) is 4.16. The number of alkyl halides is 4. The van der Waals surface area contributed by atoms with Crippen molar-refractivity contribution in [3.63, 3.8) is 0 Å². The monoisotopic (exact) mass is 322 g/mol. The van der Waals surface area contributed by atoms with Crippen molar-refractivity contribution < 1.29 is 17.6 Å². The third kappa shape index (κ3) is 4.82. The summed E-state index contributed by atoms with van der Waals surface area (Å²) in [7, 11) is 0. The number of benzene rings is 1. The molecule has 5 heteroatoms. The Morgan fingerprint density at radius 1 is 1.14 bits per heavy atom.